The van der Waals surface area contributed by atoms with Crippen molar-refractivity contribution >= 4 is 11.8 Å². The van der Waals surface area contributed by atoms with Crippen LogP contribution in [0.5, 0.6) is 0 Å². The first kappa shape index (κ1) is 19.6. The molecule has 4 nitrogen and oxygen atoms in total. The SMILES string of the molecule is O=C(C1Cc2ccccc2CN1C(=O)Cc1ccc(C(F)F)cc1)N1CCCC1. The van der Waals surface area contributed by atoms with Crippen LogP contribution < -0.4 is 0 Å². The minimum Gasteiger partial charge on any atom is -0.341 e. The maximum atomic E-state index is 13.1. The van der Waals surface area contributed by atoms with Gasteiger partial charge in [-0.05, 0) is 29.5 Å². The van der Waals surface area contributed by atoms with Crippen molar-refractivity contribution in [1.82, 2.24) is 9.80 Å². The Hall–Kier alpha value is -2.76. The van der Waals surface area contributed by atoms with Crippen molar-refractivity contribution in [3.8, 4) is 0 Å². The van der Waals surface area contributed by atoms with E-state index >= 15 is 0 Å². The summed E-state index contributed by atoms with van der Waals surface area (Å²) in [4.78, 5) is 29.8. The lowest BCUT2D eigenvalue weighted by molar-refractivity contribution is -0.146. The van der Waals surface area contributed by atoms with E-state index in [0.29, 0.717) is 18.5 Å². The highest BCUT2D eigenvalue weighted by Crippen LogP contribution is 2.27. The van der Waals surface area contributed by atoms with Gasteiger partial charge >= 0.3 is 0 Å². The lowest BCUT2D eigenvalue weighted by Crippen LogP contribution is -2.53. The van der Waals surface area contributed by atoms with Crippen molar-refractivity contribution in [3.63, 3.8) is 0 Å². The molecular formula is C23H24F2N2O2. The molecule has 0 aromatic heterocycles. The summed E-state index contributed by atoms with van der Waals surface area (Å²) in [6, 6.07) is 13.2. The van der Waals surface area contributed by atoms with Crippen molar-refractivity contribution < 1.29 is 18.4 Å². The molecule has 1 atom stereocenters. The summed E-state index contributed by atoms with van der Waals surface area (Å²) in [7, 11) is 0. The number of alkyl halides is 2. The van der Waals surface area contributed by atoms with Gasteiger partial charge in [-0.25, -0.2) is 8.78 Å². The molecule has 2 aliphatic heterocycles. The fourth-order valence-electron chi connectivity index (χ4n) is 4.21. The zero-order valence-corrected chi connectivity index (χ0v) is 16.2. The molecule has 152 valence electrons. The minimum atomic E-state index is -2.53. The highest BCUT2D eigenvalue weighted by Gasteiger charge is 2.37. The number of halogens is 2. The maximum absolute atomic E-state index is 13.1. The first-order valence-corrected chi connectivity index (χ1v) is 10.0. The Bertz CT molecular complexity index is 892. The zero-order valence-electron chi connectivity index (χ0n) is 16.2. The van der Waals surface area contributed by atoms with Crippen molar-refractivity contribution in [3.05, 3.63) is 70.8 Å². The molecule has 2 aliphatic rings. The normalized spacial score (nSPS) is 18.8. The average Bonchev–Trinajstić information content (AvgIpc) is 3.27. The molecule has 2 heterocycles. The number of fused-ring (bicyclic) bond motifs is 1. The van der Waals surface area contributed by atoms with E-state index in [1.807, 2.05) is 29.2 Å². The van der Waals surface area contributed by atoms with Crippen LogP contribution in [0.2, 0.25) is 0 Å². The van der Waals surface area contributed by atoms with E-state index < -0.39 is 12.5 Å². The standard InChI is InChI=1S/C23H24F2N2O2/c24-22(25)17-9-7-16(8-10-17)13-21(28)27-15-19-6-2-1-5-18(19)14-20(27)23(29)26-11-3-4-12-26/h1-2,5-10,20,22H,3-4,11-15H2. The van der Waals surface area contributed by atoms with Crippen LogP contribution in [0.15, 0.2) is 48.5 Å². The summed E-state index contributed by atoms with van der Waals surface area (Å²) in [5.41, 5.74) is 2.77. The van der Waals surface area contributed by atoms with Crippen LogP contribution in [0, 0.1) is 0 Å². The van der Waals surface area contributed by atoms with Crippen molar-refractivity contribution in [1.29, 1.82) is 0 Å². The van der Waals surface area contributed by atoms with Gasteiger partial charge in [0.25, 0.3) is 6.43 Å². The molecule has 2 aromatic carbocycles. The molecule has 2 amide bonds. The third kappa shape index (κ3) is 4.16. The quantitative estimate of drug-likeness (QED) is 0.787. The number of hydrogen-bond donors (Lipinski definition) is 0. The van der Waals surface area contributed by atoms with Gasteiger partial charge in [0.05, 0.1) is 6.42 Å². The van der Waals surface area contributed by atoms with Crippen molar-refractivity contribution in [2.24, 2.45) is 0 Å². The van der Waals surface area contributed by atoms with E-state index in [-0.39, 0.29) is 23.8 Å². The number of carbonyl (C=O) groups excluding carboxylic acids is 2. The monoisotopic (exact) mass is 398 g/mol. The average molecular weight is 398 g/mol. The van der Waals surface area contributed by atoms with Gasteiger partial charge in [-0.2, -0.15) is 0 Å². The second kappa shape index (κ2) is 8.31. The van der Waals surface area contributed by atoms with Crippen LogP contribution in [0.3, 0.4) is 0 Å². The Balaban J connectivity index is 1.56. The van der Waals surface area contributed by atoms with Crippen molar-refractivity contribution in [2.45, 2.75) is 44.7 Å². The van der Waals surface area contributed by atoms with Crippen LogP contribution in [-0.4, -0.2) is 40.7 Å². The third-order valence-electron chi connectivity index (χ3n) is 5.86. The van der Waals surface area contributed by atoms with Gasteiger partial charge in [-0.3, -0.25) is 9.59 Å². The molecule has 0 N–H and O–H groups in total. The Morgan fingerprint density at radius 3 is 2.28 bits per heavy atom. The largest absolute Gasteiger partial charge is 0.341 e. The van der Waals surface area contributed by atoms with Gasteiger partial charge in [-0.15, -0.1) is 0 Å². The fourth-order valence-corrected chi connectivity index (χ4v) is 4.21. The number of hydrogen-bond acceptors (Lipinski definition) is 2. The Morgan fingerprint density at radius 2 is 1.62 bits per heavy atom. The van der Waals surface area contributed by atoms with Crippen LogP contribution in [0.1, 0.15) is 41.5 Å². The third-order valence-corrected chi connectivity index (χ3v) is 5.86. The molecule has 0 saturated carbocycles. The summed E-state index contributed by atoms with van der Waals surface area (Å²) in [5, 5.41) is 0. The molecule has 1 unspecified atom stereocenters. The Labute approximate surface area is 169 Å². The molecule has 0 spiro atoms. The number of nitrogens with zero attached hydrogens (tertiary/aromatic N) is 2. The lowest BCUT2D eigenvalue weighted by Gasteiger charge is -2.38. The first-order chi connectivity index (χ1) is 14.0. The summed E-state index contributed by atoms with van der Waals surface area (Å²) in [5.74, 6) is -0.139. The number of amides is 2. The molecule has 29 heavy (non-hydrogen) atoms. The molecule has 4 rings (SSSR count). The van der Waals surface area contributed by atoms with E-state index in [2.05, 4.69) is 0 Å². The number of carbonyl (C=O) groups is 2. The van der Waals surface area contributed by atoms with Gasteiger partial charge in [0.2, 0.25) is 11.8 Å². The van der Waals surface area contributed by atoms with Crippen LogP contribution in [-0.2, 0) is 29.0 Å². The van der Waals surface area contributed by atoms with E-state index in [4.69, 9.17) is 0 Å². The zero-order chi connectivity index (χ0) is 20.4. The van der Waals surface area contributed by atoms with E-state index in [1.54, 1.807) is 17.0 Å². The van der Waals surface area contributed by atoms with Gasteiger partial charge in [-0.1, -0.05) is 48.5 Å². The highest BCUT2D eigenvalue weighted by atomic mass is 19.3. The van der Waals surface area contributed by atoms with Gasteiger partial charge in [0.1, 0.15) is 6.04 Å². The summed E-state index contributed by atoms with van der Waals surface area (Å²) >= 11 is 0. The van der Waals surface area contributed by atoms with E-state index in [0.717, 1.165) is 37.1 Å². The number of likely N-dealkylation sites (tertiary alicyclic amines) is 1. The van der Waals surface area contributed by atoms with Crippen LogP contribution >= 0.6 is 0 Å². The molecule has 1 fully saturated rings. The Morgan fingerprint density at radius 1 is 0.966 bits per heavy atom. The van der Waals surface area contributed by atoms with Crippen LogP contribution in [0.4, 0.5) is 8.78 Å². The van der Waals surface area contributed by atoms with Gasteiger partial charge in [0, 0.05) is 31.6 Å². The second-order valence-electron chi connectivity index (χ2n) is 7.76. The molecule has 6 heteroatoms. The predicted molar refractivity (Wildman–Crippen MR) is 105 cm³/mol. The second-order valence-corrected chi connectivity index (χ2v) is 7.76. The smallest absolute Gasteiger partial charge is 0.263 e. The van der Waals surface area contributed by atoms with Gasteiger partial charge < -0.3 is 9.80 Å². The number of rotatable bonds is 4. The number of benzene rings is 2. The molecule has 0 aliphatic carbocycles. The topological polar surface area (TPSA) is 40.6 Å². The molecule has 1 saturated heterocycles. The molecule has 2 aromatic rings. The Kier molecular flexibility index (Phi) is 5.60. The molecule has 0 bridgehead atoms. The first-order valence-electron chi connectivity index (χ1n) is 10.0. The minimum absolute atomic E-state index is 0.0124. The predicted octanol–water partition coefficient (Wildman–Crippen LogP) is 3.74. The summed E-state index contributed by atoms with van der Waals surface area (Å²) in [6.07, 6.45) is 0.0801. The highest BCUT2D eigenvalue weighted by molar-refractivity contribution is 5.89. The van der Waals surface area contributed by atoms with E-state index in [1.165, 1.54) is 12.1 Å². The summed E-state index contributed by atoms with van der Waals surface area (Å²) < 4.78 is 25.5. The molecule has 0 radical (unpaired) electrons. The fraction of sp³-hybridized carbons (Fsp3) is 0.391. The van der Waals surface area contributed by atoms with E-state index in [9.17, 15) is 18.4 Å². The lowest BCUT2D eigenvalue weighted by atomic mass is 9.92. The molecular weight excluding hydrogens is 374 g/mol. The summed E-state index contributed by atoms with van der Waals surface area (Å²) in [6.45, 7) is 1.89. The van der Waals surface area contributed by atoms with Crippen LogP contribution in [0.25, 0.3) is 0 Å². The van der Waals surface area contributed by atoms with Crippen molar-refractivity contribution in [2.75, 3.05) is 13.1 Å². The maximum Gasteiger partial charge on any atom is 0.263 e. The van der Waals surface area contributed by atoms with Gasteiger partial charge in [0.15, 0.2) is 0 Å².